The maximum absolute atomic E-state index is 13.6. The number of hydrogen-bond donors (Lipinski definition) is 2. The van der Waals surface area contributed by atoms with Crippen LogP contribution in [0.4, 0.5) is 14.5 Å². The van der Waals surface area contributed by atoms with Crippen molar-refractivity contribution < 1.29 is 13.6 Å². The zero-order valence-electron chi connectivity index (χ0n) is 13.7. The topological polar surface area (TPSA) is 55.1 Å². The molecule has 1 unspecified atom stereocenters. The van der Waals surface area contributed by atoms with Crippen molar-refractivity contribution in [2.75, 3.05) is 5.73 Å². The first-order chi connectivity index (χ1) is 11.5. The van der Waals surface area contributed by atoms with E-state index in [1.54, 1.807) is 0 Å². The van der Waals surface area contributed by atoms with E-state index in [0.29, 0.717) is 0 Å². The molecular weight excluding hydrogens is 346 g/mol. The van der Waals surface area contributed by atoms with Crippen LogP contribution in [0.1, 0.15) is 42.0 Å². The summed E-state index contributed by atoms with van der Waals surface area (Å²) in [5, 5.41) is 3.00. The molecule has 0 radical (unpaired) electrons. The lowest BCUT2D eigenvalue weighted by Gasteiger charge is -2.26. The number of nitrogens with two attached hydrogens (primary N) is 1. The van der Waals surface area contributed by atoms with Crippen LogP contribution in [0.15, 0.2) is 36.4 Å². The number of carbonyl (C=O) groups is 1. The summed E-state index contributed by atoms with van der Waals surface area (Å²) in [6.07, 6.45) is 3.12. The van der Waals surface area contributed by atoms with Crippen LogP contribution in [0.5, 0.6) is 0 Å². The zero-order valence-corrected chi connectivity index (χ0v) is 14.5. The van der Waals surface area contributed by atoms with Gasteiger partial charge in [-0.2, -0.15) is 0 Å². The minimum Gasteiger partial charge on any atom is -0.399 e. The highest BCUT2D eigenvalue weighted by atomic mass is 35.5. The number of rotatable bonds is 4. The number of benzene rings is 2. The van der Waals surface area contributed by atoms with Gasteiger partial charge in [-0.15, -0.1) is 12.4 Å². The van der Waals surface area contributed by atoms with Crippen LogP contribution in [-0.4, -0.2) is 5.91 Å². The number of amides is 1. The smallest absolute Gasteiger partial charge is 0.220 e. The van der Waals surface area contributed by atoms with E-state index < -0.39 is 11.6 Å². The molecule has 1 aliphatic rings. The molecule has 0 fully saturated rings. The summed E-state index contributed by atoms with van der Waals surface area (Å²) >= 11 is 0. The van der Waals surface area contributed by atoms with E-state index in [2.05, 4.69) is 5.32 Å². The Morgan fingerprint density at radius 2 is 2.00 bits per heavy atom. The molecule has 0 aromatic heterocycles. The molecule has 3 rings (SSSR count). The molecule has 3 N–H and O–H groups in total. The van der Waals surface area contributed by atoms with E-state index in [1.807, 2.05) is 18.2 Å². The number of halogens is 3. The second-order valence-electron chi connectivity index (χ2n) is 6.21. The minimum absolute atomic E-state index is 0. The molecule has 25 heavy (non-hydrogen) atoms. The van der Waals surface area contributed by atoms with Gasteiger partial charge in [-0.3, -0.25) is 4.79 Å². The van der Waals surface area contributed by atoms with Crippen LogP contribution in [0.3, 0.4) is 0 Å². The quantitative estimate of drug-likeness (QED) is 0.800. The Hall–Kier alpha value is -2.14. The molecule has 0 saturated carbocycles. The van der Waals surface area contributed by atoms with Gasteiger partial charge in [0.1, 0.15) is 11.6 Å². The monoisotopic (exact) mass is 366 g/mol. The third kappa shape index (κ3) is 4.69. The molecule has 1 aliphatic carbocycles. The van der Waals surface area contributed by atoms with E-state index >= 15 is 0 Å². The Bertz CT molecular complexity index is 767. The predicted molar refractivity (Wildman–Crippen MR) is 96.6 cm³/mol. The Kier molecular flexibility index (Phi) is 6.37. The van der Waals surface area contributed by atoms with E-state index in [9.17, 15) is 13.6 Å². The first-order valence-corrected chi connectivity index (χ1v) is 8.14. The van der Waals surface area contributed by atoms with Gasteiger partial charge in [0.2, 0.25) is 5.91 Å². The standard InChI is InChI=1S/C19H20F2N2O.ClH/c20-14-5-8-17(21)13(10-14)4-9-19(24)23-18-3-1-2-12-11-15(22)6-7-16(12)18;/h5-8,10-11,18H,1-4,9,22H2,(H,23,24);1H. The second kappa shape index (κ2) is 8.30. The lowest BCUT2D eigenvalue weighted by atomic mass is 9.87. The molecule has 134 valence electrons. The Morgan fingerprint density at radius 3 is 2.80 bits per heavy atom. The van der Waals surface area contributed by atoms with Crippen molar-refractivity contribution in [2.24, 2.45) is 0 Å². The SMILES string of the molecule is Cl.Nc1ccc2c(c1)CCCC2NC(=O)CCc1cc(F)ccc1F. The molecule has 2 aromatic rings. The lowest BCUT2D eigenvalue weighted by molar-refractivity contribution is -0.121. The average molecular weight is 367 g/mol. The molecule has 1 amide bonds. The van der Waals surface area contributed by atoms with Crippen molar-refractivity contribution in [1.29, 1.82) is 0 Å². The molecule has 0 saturated heterocycles. The fourth-order valence-corrected chi connectivity index (χ4v) is 3.23. The van der Waals surface area contributed by atoms with Gasteiger partial charge in [0.05, 0.1) is 6.04 Å². The van der Waals surface area contributed by atoms with Gasteiger partial charge in [0.25, 0.3) is 0 Å². The summed E-state index contributed by atoms with van der Waals surface area (Å²) in [6, 6.07) is 9.01. The second-order valence-corrected chi connectivity index (χ2v) is 6.21. The minimum atomic E-state index is -0.495. The van der Waals surface area contributed by atoms with Crippen molar-refractivity contribution in [3.63, 3.8) is 0 Å². The molecule has 0 spiro atoms. The predicted octanol–water partition coefficient (Wildman–Crippen LogP) is 4.10. The van der Waals surface area contributed by atoms with Crippen molar-refractivity contribution in [1.82, 2.24) is 5.32 Å². The number of anilines is 1. The molecule has 0 bridgehead atoms. The molecule has 3 nitrogen and oxygen atoms in total. The van der Waals surface area contributed by atoms with Crippen LogP contribution in [-0.2, 0) is 17.6 Å². The van der Waals surface area contributed by atoms with Crippen molar-refractivity contribution in [3.05, 3.63) is 64.7 Å². The first-order valence-electron chi connectivity index (χ1n) is 8.14. The largest absolute Gasteiger partial charge is 0.399 e. The fourth-order valence-electron chi connectivity index (χ4n) is 3.23. The first kappa shape index (κ1) is 19.2. The lowest BCUT2D eigenvalue weighted by Crippen LogP contribution is -2.31. The molecule has 0 aliphatic heterocycles. The summed E-state index contributed by atoms with van der Waals surface area (Å²) in [4.78, 5) is 12.2. The average Bonchev–Trinajstić information content (AvgIpc) is 2.55. The summed E-state index contributed by atoms with van der Waals surface area (Å²) in [7, 11) is 0. The van der Waals surface area contributed by atoms with Crippen molar-refractivity contribution in [2.45, 2.75) is 38.1 Å². The molecule has 1 atom stereocenters. The van der Waals surface area contributed by atoms with E-state index in [0.717, 1.165) is 48.7 Å². The van der Waals surface area contributed by atoms with E-state index in [-0.39, 0.29) is 42.8 Å². The molecular formula is C19H21ClF2N2O. The highest BCUT2D eigenvalue weighted by Gasteiger charge is 2.21. The normalized spacial score (nSPS) is 15.8. The highest BCUT2D eigenvalue weighted by Crippen LogP contribution is 2.31. The van der Waals surface area contributed by atoms with Gasteiger partial charge >= 0.3 is 0 Å². The number of carbonyl (C=O) groups excluding carboxylic acids is 1. The van der Waals surface area contributed by atoms with Crippen LogP contribution >= 0.6 is 12.4 Å². The van der Waals surface area contributed by atoms with E-state index in [1.165, 1.54) is 5.56 Å². The van der Waals surface area contributed by atoms with E-state index in [4.69, 9.17) is 5.73 Å². The number of nitrogens with one attached hydrogen (secondary N) is 1. The third-order valence-corrected chi connectivity index (χ3v) is 4.45. The van der Waals surface area contributed by atoms with Crippen LogP contribution in [0, 0.1) is 11.6 Å². The molecule has 2 aromatic carbocycles. The zero-order chi connectivity index (χ0) is 17.1. The maximum atomic E-state index is 13.6. The van der Waals surface area contributed by atoms with Crippen molar-refractivity contribution >= 4 is 24.0 Å². The summed E-state index contributed by atoms with van der Waals surface area (Å²) in [5.74, 6) is -1.14. The number of fused-ring (bicyclic) bond motifs is 1. The van der Waals surface area contributed by atoms with Gasteiger partial charge in [-0.25, -0.2) is 8.78 Å². The molecule has 6 heteroatoms. The molecule has 0 heterocycles. The maximum Gasteiger partial charge on any atom is 0.220 e. The van der Waals surface area contributed by atoms with Crippen LogP contribution in [0.25, 0.3) is 0 Å². The highest BCUT2D eigenvalue weighted by molar-refractivity contribution is 5.85. The summed E-state index contributed by atoms with van der Waals surface area (Å²) in [6.45, 7) is 0. The Balaban J connectivity index is 0.00000225. The fraction of sp³-hybridized carbons (Fsp3) is 0.316. The number of hydrogen-bond acceptors (Lipinski definition) is 2. The third-order valence-electron chi connectivity index (χ3n) is 4.45. The Labute approximate surface area is 152 Å². The van der Waals surface area contributed by atoms with Gasteiger partial charge in [-0.05, 0) is 72.7 Å². The van der Waals surface area contributed by atoms with Gasteiger partial charge in [-0.1, -0.05) is 6.07 Å². The summed E-state index contributed by atoms with van der Waals surface area (Å²) in [5.41, 5.74) is 9.03. The Morgan fingerprint density at radius 1 is 1.20 bits per heavy atom. The van der Waals surface area contributed by atoms with Crippen LogP contribution < -0.4 is 11.1 Å². The van der Waals surface area contributed by atoms with Gasteiger partial charge in [0, 0.05) is 12.1 Å². The number of nitrogen functional groups attached to an aromatic ring is 1. The van der Waals surface area contributed by atoms with Gasteiger partial charge < -0.3 is 11.1 Å². The summed E-state index contributed by atoms with van der Waals surface area (Å²) < 4.78 is 26.8. The van der Waals surface area contributed by atoms with Crippen molar-refractivity contribution in [3.8, 4) is 0 Å². The van der Waals surface area contributed by atoms with Gasteiger partial charge in [0.15, 0.2) is 0 Å². The van der Waals surface area contributed by atoms with Crippen LogP contribution in [0.2, 0.25) is 0 Å². The number of aryl methyl sites for hydroxylation is 2.